The summed E-state index contributed by atoms with van der Waals surface area (Å²) in [5.74, 6) is -0.242. The fourth-order valence-corrected chi connectivity index (χ4v) is 5.64. The molecule has 1 aliphatic heterocycles. The van der Waals surface area contributed by atoms with E-state index in [1.165, 1.54) is 17.7 Å². The number of amides is 1. The van der Waals surface area contributed by atoms with Crippen LogP contribution in [-0.4, -0.2) is 56.8 Å². The Kier molecular flexibility index (Phi) is 7.33. The molecular weight excluding hydrogens is 458 g/mol. The van der Waals surface area contributed by atoms with Gasteiger partial charge in [-0.15, -0.1) is 0 Å². The highest BCUT2D eigenvalue weighted by Crippen LogP contribution is 2.30. The van der Waals surface area contributed by atoms with E-state index in [9.17, 15) is 13.2 Å². The van der Waals surface area contributed by atoms with Crippen LogP contribution < -0.4 is 4.31 Å². The molecule has 3 aromatic rings. The molecule has 0 atom stereocenters. The summed E-state index contributed by atoms with van der Waals surface area (Å²) in [5, 5.41) is 0.275. The number of nitrogens with zero attached hydrogens (tertiary/aromatic N) is 3. The Morgan fingerprint density at radius 1 is 0.818 bits per heavy atom. The zero-order chi connectivity index (χ0) is 23.3. The predicted octanol–water partition coefficient (Wildman–Crippen LogP) is 3.88. The molecule has 6 nitrogen and oxygen atoms in total. The lowest BCUT2D eigenvalue weighted by atomic mass is 10.2. The van der Waals surface area contributed by atoms with Crippen LogP contribution in [0.3, 0.4) is 0 Å². The van der Waals surface area contributed by atoms with Gasteiger partial charge >= 0.3 is 0 Å². The molecule has 3 aromatic carbocycles. The van der Waals surface area contributed by atoms with E-state index in [1.54, 1.807) is 47.4 Å². The molecule has 0 bridgehead atoms. The van der Waals surface area contributed by atoms with E-state index in [1.807, 2.05) is 18.2 Å². The minimum absolute atomic E-state index is 0.116. The van der Waals surface area contributed by atoms with Gasteiger partial charge in [-0.2, -0.15) is 0 Å². The Labute approximate surface area is 200 Å². The van der Waals surface area contributed by atoms with Crippen LogP contribution in [-0.2, 0) is 21.4 Å². The van der Waals surface area contributed by atoms with Crippen LogP contribution in [0.5, 0.6) is 0 Å². The zero-order valence-electron chi connectivity index (χ0n) is 18.2. The molecule has 0 unspecified atom stereocenters. The maximum atomic E-state index is 13.4. The van der Waals surface area contributed by atoms with Gasteiger partial charge in [0.15, 0.2) is 0 Å². The summed E-state index contributed by atoms with van der Waals surface area (Å²) in [6.07, 6.45) is 0. The molecule has 0 aromatic heterocycles. The van der Waals surface area contributed by atoms with Crippen molar-refractivity contribution in [2.75, 3.05) is 37.0 Å². The van der Waals surface area contributed by atoms with Crippen molar-refractivity contribution in [3.8, 4) is 0 Å². The van der Waals surface area contributed by atoms with E-state index in [0.29, 0.717) is 18.8 Å². The zero-order valence-corrected chi connectivity index (χ0v) is 19.8. The number of para-hydroxylation sites is 1. The van der Waals surface area contributed by atoms with Crippen molar-refractivity contribution in [1.29, 1.82) is 0 Å². The second-order valence-electron chi connectivity index (χ2n) is 7.92. The van der Waals surface area contributed by atoms with E-state index >= 15 is 0 Å². The molecule has 33 heavy (non-hydrogen) atoms. The van der Waals surface area contributed by atoms with Gasteiger partial charge in [0.2, 0.25) is 5.91 Å². The lowest BCUT2D eigenvalue weighted by molar-refractivity contribution is -0.131. The summed E-state index contributed by atoms with van der Waals surface area (Å²) in [4.78, 5) is 17.3. The molecule has 0 aliphatic carbocycles. The lowest BCUT2D eigenvalue weighted by Crippen LogP contribution is -2.51. The molecule has 1 amide bonds. The number of sulfonamides is 1. The minimum Gasteiger partial charge on any atom is -0.339 e. The van der Waals surface area contributed by atoms with Crippen molar-refractivity contribution in [3.63, 3.8) is 0 Å². The minimum atomic E-state index is -3.97. The number of rotatable bonds is 7. The fourth-order valence-electron chi connectivity index (χ4n) is 3.89. The van der Waals surface area contributed by atoms with E-state index in [4.69, 9.17) is 11.6 Å². The van der Waals surface area contributed by atoms with Gasteiger partial charge < -0.3 is 4.90 Å². The van der Waals surface area contributed by atoms with Gasteiger partial charge in [0.05, 0.1) is 15.6 Å². The number of piperazine rings is 1. The monoisotopic (exact) mass is 483 g/mol. The van der Waals surface area contributed by atoms with Crippen molar-refractivity contribution >= 4 is 33.2 Å². The third-order valence-electron chi connectivity index (χ3n) is 5.71. The number of benzene rings is 3. The van der Waals surface area contributed by atoms with Gasteiger partial charge in [0, 0.05) is 32.7 Å². The number of carbonyl (C=O) groups is 1. The largest absolute Gasteiger partial charge is 0.339 e. The topological polar surface area (TPSA) is 60.9 Å². The number of carbonyl (C=O) groups excluding carboxylic acids is 1. The Morgan fingerprint density at radius 3 is 2.03 bits per heavy atom. The first kappa shape index (κ1) is 23.3. The van der Waals surface area contributed by atoms with Gasteiger partial charge in [-0.3, -0.25) is 14.0 Å². The van der Waals surface area contributed by atoms with Crippen LogP contribution >= 0.6 is 11.6 Å². The molecule has 1 aliphatic rings. The maximum absolute atomic E-state index is 13.4. The Hall–Kier alpha value is -2.87. The highest BCUT2D eigenvalue weighted by atomic mass is 35.5. The van der Waals surface area contributed by atoms with Crippen LogP contribution in [0.1, 0.15) is 5.56 Å². The highest BCUT2D eigenvalue weighted by molar-refractivity contribution is 7.92. The van der Waals surface area contributed by atoms with E-state index in [0.717, 1.165) is 23.9 Å². The first-order chi connectivity index (χ1) is 15.9. The summed E-state index contributed by atoms with van der Waals surface area (Å²) in [7, 11) is -3.97. The van der Waals surface area contributed by atoms with Crippen molar-refractivity contribution in [3.05, 3.63) is 95.5 Å². The molecule has 1 heterocycles. The average molecular weight is 484 g/mol. The standard InChI is InChI=1S/C25H26ClN3O3S/c26-23-13-7-8-14-24(23)29(33(31,32)22-11-5-2-6-12-22)20-25(30)28-17-15-27(16-18-28)19-21-9-3-1-4-10-21/h1-14H,15-20H2. The Morgan fingerprint density at radius 2 is 1.39 bits per heavy atom. The highest BCUT2D eigenvalue weighted by Gasteiger charge is 2.31. The molecule has 0 saturated carbocycles. The smallest absolute Gasteiger partial charge is 0.264 e. The van der Waals surface area contributed by atoms with Gasteiger partial charge in [-0.1, -0.05) is 72.3 Å². The van der Waals surface area contributed by atoms with Crippen LogP contribution in [0.4, 0.5) is 5.69 Å². The SMILES string of the molecule is O=C(CN(c1ccccc1Cl)S(=O)(=O)c1ccccc1)N1CCN(Cc2ccccc2)CC1. The first-order valence-electron chi connectivity index (χ1n) is 10.8. The van der Waals surface area contributed by atoms with E-state index in [2.05, 4.69) is 17.0 Å². The third-order valence-corrected chi connectivity index (χ3v) is 7.80. The van der Waals surface area contributed by atoms with Crippen molar-refractivity contribution in [2.24, 2.45) is 0 Å². The first-order valence-corrected chi connectivity index (χ1v) is 12.6. The maximum Gasteiger partial charge on any atom is 0.264 e. The number of hydrogen-bond donors (Lipinski definition) is 0. The number of halogens is 1. The molecule has 172 valence electrons. The molecule has 0 spiro atoms. The number of anilines is 1. The Balaban J connectivity index is 1.49. The van der Waals surface area contributed by atoms with Gasteiger partial charge in [0.1, 0.15) is 6.54 Å². The fraction of sp³-hybridized carbons (Fsp3) is 0.240. The lowest BCUT2D eigenvalue weighted by Gasteiger charge is -2.36. The quantitative estimate of drug-likeness (QED) is 0.511. The molecule has 8 heteroatoms. The predicted molar refractivity (Wildman–Crippen MR) is 131 cm³/mol. The van der Waals surface area contributed by atoms with Crippen LogP contribution in [0, 0.1) is 0 Å². The summed E-state index contributed by atoms with van der Waals surface area (Å²) >= 11 is 6.34. The van der Waals surface area contributed by atoms with Crippen LogP contribution in [0.15, 0.2) is 89.8 Å². The molecule has 1 fully saturated rings. The molecule has 0 radical (unpaired) electrons. The van der Waals surface area contributed by atoms with Gasteiger partial charge in [-0.05, 0) is 29.8 Å². The second-order valence-corrected chi connectivity index (χ2v) is 10.2. The third kappa shape index (κ3) is 5.55. The van der Waals surface area contributed by atoms with E-state index in [-0.39, 0.29) is 22.4 Å². The average Bonchev–Trinajstić information content (AvgIpc) is 2.84. The second kappa shape index (κ2) is 10.4. The molecule has 0 N–H and O–H groups in total. The van der Waals surface area contributed by atoms with Crippen LogP contribution in [0.25, 0.3) is 0 Å². The number of hydrogen-bond acceptors (Lipinski definition) is 4. The Bertz CT molecular complexity index is 1180. The summed E-state index contributed by atoms with van der Waals surface area (Å²) in [5.41, 5.74) is 1.52. The van der Waals surface area contributed by atoms with Crippen LogP contribution in [0.2, 0.25) is 5.02 Å². The molecule has 1 saturated heterocycles. The summed E-state index contributed by atoms with van der Waals surface area (Å²) in [6.45, 7) is 3.09. The van der Waals surface area contributed by atoms with Crippen molar-refractivity contribution in [1.82, 2.24) is 9.80 Å². The molecular formula is C25H26ClN3O3S. The van der Waals surface area contributed by atoms with Gasteiger partial charge in [0.25, 0.3) is 10.0 Å². The van der Waals surface area contributed by atoms with Gasteiger partial charge in [-0.25, -0.2) is 8.42 Å². The normalized spacial score (nSPS) is 14.8. The summed E-state index contributed by atoms with van der Waals surface area (Å²) in [6, 6.07) is 25.0. The summed E-state index contributed by atoms with van der Waals surface area (Å²) < 4.78 is 28.0. The molecule has 4 rings (SSSR count). The van der Waals surface area contributed by atoms with Crippen molar-refractivity contribution in [2.45, 2.75) is 11.4 Å². The van der Waals surface area contributed by atoms with Crippen molar-refractivity contribution < 1.29 is 13.2 Å². The van der Waals surface area contributed by atoms with E-state index < -0.39 is 10.0 Å².